The molecule has 0 aliphatic rings. The molecule has 2 rings (SSSR count). The van der Waals surface area contributed by atoms with Crippen molar-refractivity contribution in [1.29, 1.82) is 0 Å². The first-order valence-corrected chi connectivity index (χ1v) is 7.27. The van der Waals surface area contributed by atoms with Crippen LogP contribution in [0.4, 0.5) is 17.1 Å². The number of anilines is 2. The average molecular weight is 415 g/mol. The molecule has 2 aromatic rings. The molecule has 0 radical (unpaired) electrons. The molecule has 2 aromatic carbocycles. The second kappa shape index (κ2) is 6.23. The van der Waals surface area contributed by atoms with Gasteiger partial charge in [-0.15, -0.1) is 0 Å². The van der Waals surface area contributed by atoms with Crippen LogP contribution in [-0.2, 0) is 0 Å². The Hall–Kier alpha value is -1.93. The zero-order valence-electron chi connectivity index (χ0n) is 10.5. The highest BCUT2D eigenvalue weighted by Gasteiger charge is 2.16. The molecule has 0 unspecified atom stereocenters. The van der Waals surface area contributed by atoms with Crippen molar-refractivity contribution in [2.75, 3.05) is 11.1 Å². The lowest BCUT2D eigenvalue weighted by Gasteiger charge is -2.08. The monoisotopic (exact) mass is 413 g/mol. The minimum absolute atomic E-state index is 0.0141. The fourth-order valence-corrected chi connectivity index (χ4v) is 2.34. The van der Waals surface area contributed by atoms with Crippen LogP contribution in [0, 0.1) is 10.1 Å². The van der Waals surface area contributed by atoms with Crippen LogP contribution < -0.4 is 11.1 Å². The van der Waals surface area contributed by atoms with Gasteiger partial charge in [0.15, 0.2) is 0 Å². The molecule has 0 fully saturated rings. The summed E-state index contributed by atoms with van der Waals surface area (Å²) < 4.78 is 1.49. The number of amides is 1. The smallest absolute Gasteiger partial charge is 0.292 e. The lowest BCUT2D eigenvalue weighted by atomic mass is 10.1. The topological polar surface area (TPSA) is 98.3 Å². The van der Waals surface area contributed by atoms with Crippen LogP contribution in [0.25, 0.3) is 0 Å². The number of nitro groups is 1. The van der Waals surface area contributed by atoms with Crippen molar-refractivity contribution in [3.63, 3.8) is 0 Å². The van der Waals surface area contributed by atoms with Crippen LogP contribution in [0.5, 0.6) is 0 Å². The number of hydrogen-bond acceptors (Lipinski definition) is 4. The Labute approximate surface area is 136 Å². The molecule has 0 spiro atoms. The summed E-state index contributed by atoms with van der Waals surface area (Å²) in [5.74, 6) is -0.461. The SMILES string of the molecule is Nc1ccc(C(=O)Nc2cc(Br)ccc2Br)cc1[N+](=O)[O-]. The minimum Gasteiger partial charge on any atom is -0.393 e. The van der Waals surface area contributed by atoms with E-state index in [1.165, 1.54) is 12.1 Å². The highest BCUT2D eigenvalue weighted by molar-refractivity contribution is 9.11. The Morgan fingerprint density at radius 3 is 2.57 bits per heavy atom. The summed E-state index contributed by atoms with van der Waals surface area (Å²) >= 11 is 6.62. The number of carbonyl (C=O) groups is 1. The van der Waals surface area contributed by atoms with Crippen LogP contribution in [0.2, 0.25) is 0 Å². The summed E-state index contributed by atoms with van der Waals surface area (Å²) in [4.78, 5) is 22.4. The van der Waals surface area contributed by atoms with E-state index in [1.807, 2.05) is 6.07 Å². The minimum atomic E-state index is -0.624. The maximum atomic E-state index is 12.2. The third-order valence-electron chi connectivity index (χ3n) is 2.67. The molecule has 8 heteroatoms. The van der Waals surface area contributed by atoms with E-state index in [2.05, 4.69) is 37.2 Å². The molecule has 0 saturated carbocycles. The van der Waals surface area contributed by atoms with Crippen molar-refractivity contribution in [3.8, 4) is 0 Å². The molecule has 0 saturated heterocycles. The molecule has 3 N–H and O–H groups in total. The predicted molar refractivity (Wildman–Crippen MR) is 87.3 cm³/mol. The third-order valence-corrected chi connectivity index (χ3v) is 3.85. The van der Waals surface area contributed by atoms with E-state index in [4.69, 9.17) is 5.73 Å². The second-order valence-corrected chi connectivity index (χ2v) is 5.88. The molecule has 6 nitrogen and oxygen atoms in total. The van der Waals surface area contributed by atoms with Crippen LogP contribution in [0.15, 0.2) is 45.3 Å². The molecular weight excluding hydrogens is 406 g/mol. The van der Waals surface area contributed by atoms with Gasteiger partial charge >= 0.3 is 0 Å². The molecule has 108 valence electrons. The summed E-state index contributed by atoms with van der Waals surface area (Å²) in [6.45, 7) is 0. The van der Waals surface area contributed by atoms with E-state index in [-0.39, 0.29) is 16.9 Å². The number of nitrogens with one attached hydrogen (secondary N) is 1. The predicted octanol–water partition coefficient (Wildman–Crippen LogP) is 3.95. The lowest BCUT2D eigenvalue weighted by molar-refractivity contribution is -0.383. The molecule has 0 aliphatic carbocycles. The van der Waals surface area contributed by atoms with Gasteiger partial charge in [-0.05, 0) is 46.3 Å². The van der Waals surface area contributed by atoms with Crippen LogP contribution in [0.3, 0.4) is 0 Å². The summed E-state index contributed by atoms with van der Waals surface area (Å²) in [7, 11) is 0. The highest BCUT2D eigenvalue weighted by Crippen LogP contribution is 2.27. The van der Waals surface area contributed by atoms with Gasteiger partial charge in [-0.1, -0.05) is 15.9 Å². The van der Waals surface area contributed by atoms with Gasteiger partial charge in [-0.25, -0.2) is 0 Å². The fraction of sp³-hybridized carbons (Fsp3) is 0. The number of hydrogen-bond donors (Lipinski definition) is 2. The third kappa shape index (κ3) is 3.59. The van der Waals surface area contributed by atoms with Crippen molar-refractivity contribution in [2.45, 2.75) is 0 Å². The molecule has 0 aliphatic heterocycles. The molecule has 0 atom stereocenters. The zero-order valence-corrected chi connectivity index (χ0v) is 13.6. The number of nitro benzene ring substituents is 1. The van der Waals surface area contributed by atoms with E-state index in [9.17, 15) is 14.9 Å². The van der Waals surface area contributed by atoms with Crippen molar-refractivity contribution in [1.82, 2.24) is 0 Å². The first-order valence-electron chi connectivity index (χ1n) is 5.69. The molecule has 0 heterocycles. The highest BCUT2D eigenvalue weighted by atomic mass is 79.9. The van der Waals surface area contributed by atoms with E-state index in [0.717, 1.165) is 10.5 Å². The van der Waals surface area contributed by atoms with Crippen LogP contribution >= 0.6 is 31.9 Å². The number of carbonyl (C=O) groups excluding carboxylic acids is 1. The standard InChI is InChI=1S/C13H9Br2N3O3/c14-8-2-3-9(15)11(6-8)17-13(19)7-1-4-10(16)12(5-7)18(20)21/h1-6H,16H2,(H,17,19). The molecule has 1 amide bonds. The van der Waals surface area contributed by atoms with Gasteiger partial charge in [0, 0.05) is 20.6 Å². The number of nitrogens with two attached hydrogens (primary N) is 1. The van der Waals surface area contributed by atoms with Gasteiger partial charge in [-0.3, -0.25) is 14.9 Å². The van der Waals surface area contributed by atoms with Gasteiger partial charge in [0.05, 0.1) is 10.6 Å². The van der Waals surface area contributed by atoms with E-state index in [0.29, 0.717) is 10.2 Å². The maximum absolute atomic E-state index is 12.2. The Morgan fingerprint density at radius 2 is 1.90 bits per heavy atom. The Balaban J connectivity index is 2.30. The number of halogens is 2. The Bertz CT molecular complexity index is 735. The first kappa shape index (κ1) is 15.5. The number of benzene rings is 2. The summed E-state index contributed by atoms with van der Waals surface area (Å²) in [5, 5.41) is 13.5. The van der Waals surface area contributed by atoms with Crippen molar-refractivity contribution in [2.24, 2.45) is 0 Å². The van der Waals surface area contributed by atoms with E-state index in [1.54, 1.807) is 12.1 Å². The van der Waals surface area contributed by atoms with Gasteiger partial charge in [0.1, 0.15) is 5.69 Å². The van der Waals surface area contributed by atoms with Gasteiger partial charge in [0.25, 0.3) is 11.6 Å². The number of rotatable bonds is 3. The van der Waals surface area contributed by atoms with E-state index >= 15 is 0 Å². The van der Waals surface area contributed by atoms with Crippen LogP contribution in [0.1, 0.15) is 10.4 Å². The number of nitrogen functional groups attached to an aromatic ring is 1. The summed E-state index contributed by atoms with van der Waals surface area (Å²) in [6.07, 6.45) is 0. The van der Waals surface area contributed by atoms with Gasteiger partial charge in [-0.2, -0.15) is 0 Å². The Kier molecular flexibility index (Phi) is 4.59. The molecule has 21 heavy (non-hydrogen) atoms. The summed E-state index contributed by atoms with van der Waals surface area (Å²) in [6, 6.07) is 9.22. The normalized spacial score (nSPS) is 10.2. The Morgan fingerprint density at radius 1 is 1.19 bits per heavy atom. The molecule has 0 aromatic heterocycles. The van der Waals surface area contributed by atoms with Crippen LogP contribution in [-0.4, -0.2) is 10.8 Å². The van der Waals surface area contributed by atoms with Gasteiger partial charge < -0.3 is 11.1 Å². The largest absolute Gasteiger partial charge is 0.393 e. The molecule has 0 bridgehead atoms. The van der Waals surface area contributed by atoms with Gasteiger partial charge in [0.2, 0.25) is 0 Å². The lowest BCUT2D eigenvalue weighted by Crippen LogP contribution is -2.13. The number of nitrogens with zero attached hydrogens (tertiary/aromatic N) is 1. The van der Waals surface area contributed by atoms with Crippen molar-refractivity contribution >= 4 is 54.8 Å². The average Bonchev–Trinajstić information content (AvgIpc) is 2.43. The van der Waals surface area contributed by atoms with Crippen molar-refractivity contribution in [3.05, 3.63) is 61.0 Å². The van der Waals surface area contributed by atoms with E-state index < -0.39 is 10.8 Å². The fourth-order valence-electron chi connectivity index (χ4n) is 1.63. The quantitative estimate of drug-likeness (QED) is 0.451. The maximum Gasteiger partial charge on any atom is 0.292 e. The zero-order chi connectivity index (χ0) is 15.6. The second-order valence-electron chi connectivity index (χ2n) is 4.11. The first-order chi connectivity index (χ1) is 9.88. The molecular formula is C13H9Br2N3O3. The van der Waals surface area contributed by atoms with Crippen molar-refractivity contribution < 1.29 is 9.72 Å². The summed E-state index contributed by atoms with van der Waals surface area (Å²) in [5.41, 5.74) is 5.92.